The molecule has 0 saturated heterocycles. The van der Waals surface area contributed by atoms with Crippen molar-refractivity contribution in [3.8, 4) is 5.88 Å². The van der Waals surface area contributed by atoms with Crippen molar-refractivity contribution in [3.05, 3.63) is 36.2 Å². The molecule has 0 aliphatic rings. The number of nitrogens with zero attached hydrogens (tertiary/aromatic N) is 2. The molecule has 0 saturated carbocycles. The van der Waals surface area contributed by atoms with Gasteiger partial charge in [0, 0.05) is 5.69 Å². The molecule has 2 rings (SSSR count). The summed E-state index contributed by atoms with van der Waals surface area (Å²) in [5, 5.41) is 3.24. The Morgan fingerprint density at radius 2 is 1.95 bits per heavy atom. The minimum absolute atomic E-state index is 0.375. The lowest BCUT2D eigenvalue weighted by Gasteiger charge is -2.15. The third-order valence-corrected chi connectivity index (χ3v) is 2.88. The molecule has 0 atom stereocenters. The van der Waals surface area contributed by atoms with Crippen LogP contribution in [0.3, 0.4) is 0 Å². The number of hydrogen-bond acceptors (Lipinski definition) is 5. The number of hydrogen-bond donors (Lipinski definition) is 2. The Morgan fingerprint density at radius 1 is 1.21 bits per heavy atom. The van der Waals surface area contributed by atoms with E-state index in [2.05, 4.69) is 35.2 Å². The fourth-order valence-corrected chi connectivity index (χ4v) is 1.88. The van der Waals surface area contributed by atoms with E-state index in [1.807, 2.05) is 18.2 Å². The fourth-order valence-electron chi connectivity index (χ4n) is 1.88. The number of benzene rings is 1. The molecule has 0 aliphatic heterocycles. The van der Waals surface area contributed by atoms with Gasteiger partial charge >= 0.3 is 0 Å². The number of nitrogens with one attached hydrogen (secondary N) is 1. The van der Waals surface area contributed by atoms with Crippen molar-refractivity contribution in [2.45, 2.75) is 19.8 Å². The highest BCUT2D eigenvalue weighted by atomic mass is 16.5. The number of rotatable bonds is 4. The molecule has 0 fully saturated rings. The van der Waals surface area contributed by atoms with Crippen LogP contribution < -0.4 is 15.8 Å². The fraction of sp³-hybridized carbons (Fsp3) is 0.286. The van der Waals surface area contributed by atoms with E-state index in [1.165, 1.54) is 19.0 Å². The largest absolute Gasteiger partial charge is 0.479 e. The normalized spacial score (nSPS) is 10.5. The molecular weight excluding hydrogens is 240 g/mol. The molecule has 1 aromatic heterocycles. The zero-order valence-electron chi connectivity index (χ0n) is 11.3. The summed E-state index contributed by atoms with van der Waals surface area (Å²) in [6, 6.07) is 8.08. The maximum Gasteiger partial charge on any atom is 0.242 e. The van der Waals surface area contributed by atoms with Crippen LogP contribution in [0.4, 0.5) is 17.2 Å². The monoisotopic (exact) mass is 258 g/mol. The average Bonchev–Trinajstić information content (AvgIpc) is 2.41. The van der Waals surface area contributed by atoms with Crippen molar-refractivity contribution in [1.82, 2.24) is 9.97 Å². The lowest BCUT2D eigenvalue weighted by molar-refractivity contribution is 0.399. The van der Waals surface area contributed by atoms with Gasteiger partial charge < -0.3 is 15.8 Å². The van der Waals surface area contributed by atoms with Crippen molar-refractivity contribution in [1.29, 1.82) is 0 Å². The van der Waals surface area contributed by atoms with Gasteiger partial charge in [0.25, 0.3) is 0 Å². The van der Waals surface area contributed by atoms with Crippen LogP contribution >= 0.6 is 0 Å². The molecule has 19 heavy (non-hydrogen) atoms. The van der Waals surface area contributed by atoms with E-state index >= 15 is 0 Å². The van der Waals surface area contributed by atoms with Gasteiger partial charge in [-0.05, 0) is 17.5 Å². The van der Waals surface area contributed by atoms with Crippen LogP contribution in [-0.2, 0) is 0 Å². The van der Waals surface area contributed by atoms with E-state index in [9.17, 15) is 0 Å². The molecule has 0 unspecified atom stereocenters. The summed E-state index contributed by atoms with van der Waals surface area (Å²) in [7, 11) is 1.53. The molecular formula is C14H18N4O. The second-order valence-electron chi connectivity index (χ2n) is 4.51. The van der Waals surface area contributed by atoms with Crippen molar-refractivity contribution in [3.63, 3.8) is 0 Å². The van der Waals surface area contributed by atoms with Gasteiger partial charge in [0.15, 0.2) is 5.82 Å². The van der Waals surface area contributed by atoms with E-state index in [1.54, 1.807) is 0 Å². The highest BCUT2D eigenvalue weighted by Gasteiger charge is 2.11. The summed E-state index contributed by atoms with van der Waals surface area (Å²) >= 11 is 0. The smallest absolute Gasteiger partial charge is 0.242 e. The molecule has 1 heterocycles. The number of nitrogen functional groups attached to an aromatic ring is 1. The molecule has 0 amide bonds. The average molecular weight is 258 g/mol. The lowest BCUT2D eigenvalue weighted by atomic mass is 10.0. The van der Waals surface area contributed by atoms with Gasteiger partial charge in [0.05, 0.1) is 7.11 Å². The second-order valence-corrected chi connectivity index (χ2v) is 4.51. The molecule has 100 valence electrons. The maximum absolute atomic E-state index is 5.96. The summed E-state index contributed by atoms with van der Waals surface area (Å²) in [4.78, 5) is 8.11. The number of ether oxygens (including phenoxy) is 1. The first-order chi connectivity index (χ1) is 9.13. The van der Waals surface area contributed by atoms with E-state index in [-0.39, 0.29) is 0 Å². The van der Waals surface area contributed by atoms with E-state index in [4.69, 9.17) is 10.5 Å². The Balaban J connectivity index is 2.37. The second kappa shape index (κ2) is 5.56. The van der Waals surface area contributed by atoms with E-state index < -0.39 is 0 Å². The van der Waals surface area contributed by atoms with Crippen molar-refractivity contribution < 1.29 is 4.74 Å². The molecule has 1 aromatic carbocycles. The van der Waals surface area contributed by atoms with Gasteiger partial charge in [-0.25, -0.2) is 4.98 Å². The summed E-state index contributed by atoms with van der Waals surface area (Å²) in [6.45, 7) is 4.29. The molecule has 5 nitrogen and oxygen atoms in total. The SMILES string of the molecule is COc1ncnc(Nc2ccccc2C(C)C)c1N. The first-order valence-electron chi connectivity index (χ1n) is 6.14. The van der Waals surface area contributed by atoms with Crippen LogP contribution in [0.15, 0.2) is 30.6 Å². The minimum Gasteiger partial charge on any atom is -0.479 e. The maximum atomic E-state index is 5.96. The summed E-state index contributed by atoms with van der Waals surface area (Å²) < 4.78 is 5.08. The number of para-hydroxylation sites is 1. The predicted molar refractivity (Wildman–Crippen MR) is 76.8 cm³/mol. The first kappa shape index (κ1) is 13.1. The molecule has 0 radical (unpaired) electrons. The lowest BCUT2D eigenvalue weighted by Crippen LogP contribution is -2.05. The van der Waals surface area contributed by atoms with Crippen LogP contribution in [0, 0.1) is 0 Å². The topological polar surface area (TPSA) is 73.1 Å². The highest BCUT2D eigenvalue weighted by Crippen LogP contribution is 2.30. The Kier molecular flexibility index (Phi) is 3.85. The van der Waals surface area contributed by atoms with E-state index in [0.29, 0.717) is 23.3 Å². The Morgan fingerprint density at radius 3 is 2.63 bits per heavy atom. The van der Waals surface area contributed by atoms with Gasteiger partial charge in [-0.3, -0.25) is 0 Å². The third kappa shape index (κ3) is 2.76. The summed E-state index contributed by atoms with van der Waals surface area (Å²) in [5.74, 6) is 1.34. The van der Waals surface area contributed by atoms with Crippen LogP contribution in [0.1, 0.15) is 25.3 Å². The van der Waals surface area contributed by atoms with Crippen LogP contribution in [0.25, 0.3) is 0 Å². The number of methoxy groups -OCH3 is 1. The third-order valence-electron chi connectivity index (χ3n) is 2.88. The predicted octanol–water partition coefficient (Wildman–Crippen LogP) is 2.93. The van der Waals surface area contributed by atoms with Gasteiger partial charge in [-0.15, -0.1) is 0 Å². The molecule has 3 N–H and O–H groups in total. The zero-order chi connectivity index (χ0) is 13.8. The molecule has 0 spiro atoms. The standard InChI is InChI=1S/C14H18N4O/c1-9(2)10-6-4-5-7-11(10)18-13-12(15)14(19-3)17-8-16-13/h4-9H,15H2,1-3H3,(H,16,17,18). The summed E-state index contributed by atoms with van der Waals surface area (Å²) in [6.07, 6.45) is 1.43. The minimum atomic E-state index is 0.375. The Bertz CT molecular complexity index is 569. The highest BCUT2D eigenvalue weighted by molar-refractivity contribution is 5.73. The van der Waals surface area contributed by atoms with Crippen LogP contribution in [0.5, 0.6) is 5.88 Å². The number of nitrogens with two attached hydrogens (primary N) is 1. The van der Waals surface area contributed by atoms with Gasteiger partial charge in [0.1, 0.15) is 12.0 Å². The first-order valence-corrected chi connectivity index (χ1v) is 6.14. The van der Waals surface area contributed by atoms with Crippen molar-refractivity contribution in [2.24, 2.45) is 0 Å². The zero-order valence-corrected chi connectivity index (χ0v) is 11.3. The van der Waals surface area contributed by atoms with Gasteiger partial charge in [-0.2, -0.15) is 4.98 Å². The van der Waals surface area contributed by atoms with Gasteiger partial charge in [0.2, 0.25) is 5.88 Å². The number of aromatic nitrogens is 2. The Hall–Kier alpha value is -2.30. The van der Waals surface area contributed by atoms with Crippen LogP contribution in [0.2, 0.25) is 0 Å². The molecule has 0 aliphatic carbocycles. The number of anilines is 3. The molecule has 0 bridgehead atoms. The molecule has 5 heteroatoms. The quantitative estimate of drug-likeness (QED) is 0.882. The summed E-state index contributed by atoms with van der Waals surface area (Å²) in [5.41, 5.74) is 8.56. The van der Waals surface area contributed by atoms with Crippen molar-refractivity contribution >= 4 is 17.2 Å². The van der Waals surface area contributed by atoms with Crippen molar-refractivity contribution in [2.75, 3.05) is 18.2 Å². The Labute approximate surface area is 112 Å². The van der Waals surface area contributed by atoms with Crippen LogP contribution in [-0.4, -0.2) is 17.1 Å². The van der Waals surface area contributed by atoms with Gasteiger partial charge in [-0.1, -0.05) is 32.0 Å². The molecule has 2 aromatic rings. The van der Waals surface area contributed by atoms with E-state index in [0.717, 1.165) is 5.69 Å².